The fourth-order valence-corrected chi connectivity index (χ4v) is 1.98. The van der Waals surface area contributed by atoms with Crippen LogP contribution in [0.1, 0.15) is 5.56 Å². The summed E-state index contributed by atoms with van der Waals surface area (Å²) in [6, 6.07) is 8.24. The van der Waals surface area contributed by atoms with Crippen LogP contribution in [0.25, 0.3) is 11.4 Å². The quantitative estimate of drug-likeness (QED) is 0.510. The molecule has 1 aromatic carbocycles. The van der Waals surface area contributed by atoms with Gasteiger partial charge in [0.25, 0.3) is 5.56 Å². The molecule has 0 radical (unpaired) electrons. The van der Waals surface area contributed by atoms with Gasteiger partial charge in [-0.2, -0.15) is 0 Å². The van der Waals surface area contributed by atoms with E-state index in [1.807, 2.05) is 0 Å². The van der Waals surface area contributed by atoms with Crippen LogP contribution in [0.5, 0.6) is 0 Å². The van der Waals surface area contributed by atoms with E-state index < -0.39 is 11.2 Å². The molecule has 22 heavy (non-hydrogen) atoms. The Kier molecular flexibility index (Phi) is 4.75. The Hall–Kier alpha value is -2.86. The molecule has 0 spiro atoms. The summed E-state index contributed by atoms with van der Waals surface area (Å²) in [5.41, 5.74) is 5.81. The topological polar surface area (TPSA) is 93.2 Å². The van der Waals surface area contributed by atoms with Gasteiger partial charge in [0.2, 0.25) is 0 Å². The lowest BCUT2D eigenvalue weighted by Crippen LogP contribution is -2.27. The van der Waals surface area contributed by atoms with Crippen molar-refractivity contribution in [1.29, 1.82) is 0 Å². The maximum Gasteiger partial charge on any atom is 0.332 e. The molecule has 112 valence electrons. The lowest BCUT2D eigenvalue weighted by molar-refractivity contribution is 0.921. The fourth-order valence-electron chi connectivity index (χ4n) is 1.79. The highest BCUT2D eigenvalue weighted by Crippen LogP contribution is 2.21. The molecular formula is C15H13ClN4O2. The van der Waals surface area contributed by atoms with Gasteiger partial charge in [0.05, 0.1) is 12.0 Å². The van der Waals surface area contributed by atoms with Gasteiger partial charge in [0, 0.05) is 28.5 Å². The minimum atomic E-state index is -0.587. The van der Waals surface area contributed by atoms with E-state index in [4.69, 9.17) is 17.3 Å². The van der Waals surface area contributed by atoms with Crippen LogP contribution >= 0.6 is 11.6 Å². The summed E-state index contributed by atoms with van der Waals surface area (Å²) >= 11 is 5.96. The summed E-state index contributed by atoms with van der Waals surface area (Å²) < 4.78 is 1.19. The fraction of sp³-hybridized carbons (Fsp3) is 0. The van der Waals surface area contributed by atoms with Crippen LogP contribution in [0.2, 0.25) is 5.02 Å². The van der Waals surface area contributed by atoms with Crippen molar-refractivity contribution in [2.45, 2.75) is 0 Å². The Labute approximate surface area is 130 Å². The van der Waals surface area contributed by atoms with E-state index in [1.54, 1.807) is 30.3 Å². The number of allylic oxidation sites excluding steroid dienone is 2. The molecule has 0 saturated carbocycles. The first-order valence-electron chi connectivity index (χ1n) is 6.24. The van der Waals surface area contributed by atoms with E-state index in [0.29, 0.717) is 22.0 Å². The zero-order chi connectivity index (χ0) is 16.1. The van der Waals surface area contributed by atoms with Crippen LogP contribution in [0.3, 0.4) is 0 Å². The second kappa shape index (κ2) is 6.73. The highest BCUT2D eigenvalue weighted by atomic mass is 35.5. The average molecular weight is 317 g/mol. The molecule has 6 nitrogen and oxygen atoms in total. The van der Waals surface area contributed by atoms with Gasteiger partial charge in [-0.25, -0.2) is 9.79 Å². The Morgan fingerprint density at radius 3 is 2.77 bits per heavy atom. The Bertz CT molecular complexity index is 877. The highest BCUT2D eigenvalue weighted by molar-refractivity contribution is 6.30. The molecule has 0 saturated heterocycles. The van der Waals surface area contributed by atoms with E-state index in [0.717, 1.165) is 6.34 Å². The van der Waals surface area contributed by atoms with Crippen LogP contribution in [0, 0.1) is 0 Å². The molecule has 0 aliphatic rings. The van der Waals surface area contributed by atoms with Crippen LogP contribution in [0.15, 0.2) is 63.8 Å². The second-order valence-electron chi connectivity index (χ2n) is 4.29. The molecule has 0 bridgehead atoms. The number of hydrogen-bond donors (Lipinski definition) is 2. The SMILES string of the molecule is C=C(/C=C(\N=CN)c1cccc(Cl)c1)n1ccc(=O)[nH]c1=O. The molecule has 0 unspecified atom stereocenters. The Morgan fingerprint density at radius 1 is 1.36 bits per heavy atom. The van der Waals surface area contributed by atoms with Crippen molar-refractivity contribution in [2.24, 2.45) is 10.7 Å². The van der Waals surface area contributed by atoms with Gasteiger partial charge >= 0.3 is 5.69 Å². The molecule has 3 N–H and O–H groups in total. The van der Waals surface area contributed by atoms with Crippen molar-refractivity contribution in [2.75, 3.05) is 0 Å². The van der Waals surface area contributed by atoms with Gasteiger partial charge < -0.3 is 5.73 Å². The number of rotatable bonds is 4. The van der Waals surface area contributed by atoms with E-state index in [9.17, 15) is 9.59 Å². The van der Waals surface area contributed by atoms with E-state index in [1.165, 1.54) is 16.8 Å². The zero-order valence-corrected chi connectivity index (χ0v) is 12.2. The third-order valence-electron chi connectivity index (χ3n) is 2.77. The van der Waals surface area contributed by atoms with E-state index in [-0.39, 0.29) is 0 Å². The lowest BCUT2D eigenvalue weighted by Gasteiger charge is -2.07. The van der Waals surface area contributed by atoms with Crippen molar-refractivity contribution in [1.82, 2.24) is 9.55 Å². The van der Waals surface area contributed by atoms with Crippen LogP contribution < -0.4 is 17.0 Å². The number of aliphatic imine (C=N–C) groups is 1. The Morgan fingerprint density at radius 2 is 2.14 bits per heavy atom. The number of halogens is 1. The minimum Gasteiger partial charge on any atom is -0.390 e. The number of nitrogens with zero attached hydrogens (tertiary/aromatic N) is 2. The van der Waals surface area contributed by atoms with Crippen molar-refractivity contribution in [3.05, 3.63) is 80.6 Å². The number of aromatic nitrogens is 2. The number of nitrogens with two attached hydrogens (primary N) is 1. The van der Waals surface area contributed by atoms with Gasteiger partial charge in [-0.3, -0.25) is 14.3 Å². The van der Waals surface area contributed by atoms with Gasteiger partial charge in [0.1, 0.15) is 0 Å². The van der Waals surface area contributed by atoms with E-state index >= 15 is 0 Å². The monoisotopic (exact) mass is 316 g/mol. The van der Waals surface area contributed by atoms with Crippen molar-refractivity contribution >= 4 is 29.3 Å². The lowest BCUT2D eigenvalue weighted by atomic mass is 10.1. The summed E-state index contributed by atoms with van der Waals surface area (Å²) in [6.07, 6.45) is 4.03. The molecule has 0 atom stereocenters. The molecule has 0 fully saturated rings. The smallest absolute Gasteiger partial charge is 0.332 e. The summed E-state index contributed by atoms with van der Waals surface area (Å²) in [5.74, 6) is 0. The summed E-state index contributed by atoms with van der Waals surface area (Å²) in [4.78, 5) is 29.0. The van der Waals surface area contributed by atoms with Gasteiger partial charge in [-0.15, -0.1) is 0 Å². The molecule has 2 aromatic rings. The first kappa shape index (κ1) is 15.5. The first-order valence-corrected chi connectivity index (χ1v) is 6.62. The normalized spacial score (nSPS) is 11.8. The molecule has 0 aliphatic carbocycles. The predicted molar refractivity (Wildman–Crippen MR) is 88.8 cm³/mol. The largest absolute Gasteiger partial charge is 0.390 e. The number of nitrogens with one attached hydrogen (secondary N) is 1. The molecule has 7 heteroatoms. The first-order chi connectivity index (χ1) is 10.5. The van der Waals surface area contributed by atoms with Gasteiger partial charge in [0.15, 0.2) is 0 Å². The summed E-state index contributed by atoms with van der Waals surface area (Å²) in [6.45, 7) is 3.80. The van der Waals surface area contributed by atoms with Crippen LogP contribution in [-0.2, 0) is 0 Å². The average Bonchev–Trinajstić information content (AvgIpc) is 2.46. The van der Waals surface area contributed by atoms with Crippen LogP contribution in [0.4, 0.5) is 0 Å². The number of benzene rings is 1. The van der Waals surface area contributed by atoms with Gasteiger partial charge in [-0.1, -0.05) is 30.3 Å². The molecule has 1 aromatic heterocycles. The van der Waals surface area contributed by atoms with Crippen molar-refractivity contribution in [3.8, 4) is 0 Å². The maximum absolute atomic E-state index is 11.7. The summed E-state index contributed by atoms with van der Waals surface area (Å²) in [5, 5.41) is 0.544. The van der Waals surface area contributed by atoms with Crippen LogP contribution in [-0.4, -0.2) is 15.9 Å². The zero-order valence-electron chi connectivity index (χ0n) is 11.5. The number of aromatic amines is 1. The van der Waals surface area contributed by atoms with Crippen molar-refractivity contribution in [3.63, 3.8) is 0 Å². The third kappa shape index (κ3) is 3.62. The van der Waals surface area contributed by atoms with E-state index in [2.05, 4.69) is 16.6 Å². The number of H-pyrrole nitrogens is 1. The Balaban J connectivity index is 2.48. The number of hydrogen-bond acceptors (Lipinski definition) is 3. The molecular weight excluding hydrogens is 304 g/mol. The van der Waals surface area contributed by atoms with Crippen molar-refractivity contribution < 1.29 is 0 Å². The molecule has 2 rings (SSSR count). The second-order valence-corrected chi connectivity index (χ2v) is 4.73. The maximum atomic E-state index is 11.7. The highest BCUT2D eigenvalue weighted by Gasteiger charge is 2.04. The minimum absolute atomic E-state index is 0.321. The summed E-state index contributed by atoms with van der Waals surface area (Å²) in [7, 11) is 0. The van der Waals surface area contributed by atoms with Gasteiger partial charge in [-0.05, 0) is 18.2 Å². The molecule has 0 amide bonds. The predicted octanol–water partition coefficient (Wildman–Crippen LogP) is 1.69. The molecule has 1 heterocycles. The standard InChI is InChI=1S/C15H13ClN4O2/c1-10(20-6-5-14(21)19-15(20)22)7-13(18-9-17)11-3-2-4-12(16)8-11/h2-9H,1H2,(H2,17,18)(H,19,21,22)/b13-7-. The molecule has 0 aliphatic heterocycles. The third-order valence-corrected chi connectivity index (χ3v) is 3.01.